The van der Waals surface area contributed by atoms with Crippen LogP contribution in [0.4, 0.5) is 0 Å². The van der Waals surface area contributed by atoms with E-state index >= 15 is 0 Å². The maximum absolute atomic E-state index is 9.71. The van der Waals surface area contributed by atoms with E-state index in [1.54, 1.807) is 0 Å². The highest BCUT2D eigenvalue weighted by molar-refractivity contribution is 5.26. The summed E-state index contributed by atoms with van der Waals surface area (Å²) in [6, 6.07) is 0.150. The highest BCUT2D eigenvalue weighted by Crippen LogP contribution is 2.26. The van der Waals surface area contributed by atoms with Gasteiger partial charge in [0.25, 0.3) is 0 Å². The van der Waals surface area contributed by atoms with Gasteiger partial charge in [-0.25, -0.2) is 0 Å². The summed E-state index contributed by atoms with van der Waals surface area (Å²) in [5.41, 5.74) is 3.88. The van der Waals surface area contributed by atoms with E-state index in [0.29, 0.717) is 0 Å². The maximum Gasteiger partial charge on any atom is 0.0669 e. The second-order valence-corrected chi connectivity index (χ2v) is 6.68. The van der Waals surface area contributed by atoms with E-state index in [4.69, 9.17) is 0 Å². The first-order valence-electron chi connectivity index (χ1n) is 7.60. The molecule has 0 radical (unpaired) electrons. The number of aliphatic hydroxyl groups excluding tert-OH is 1. The van der Waals surface area contributed by atoms with Crippen molar-refractivity contribution < 1.29 is 5.11 Å². The van der Waals surface area contributed by atoms with E-state index in [1.165, 1.54) is 17.0 Å². The number of rotatable bonds is 6. The van der Waals surface area contributed by atoms with Gasteiger partial charge in [0.1, 0.15) is 0 Å². The lowest BCUT2D eigenvalue weighted by Gasteiger charge is -2.37. The standard InChI is InChI=1S/C16H31N3O/c1-8-13-12(14(9-2)19(7)17-13)10-18(6)15(11-20)16(3,4)5/h15,20H,8-11H2,1-7H3. The molecule has 4 nitrogen and oxygen atoms in total. The monoisotopic (exact) mass is 281 g/mol. The van der Waals surface area contributed by atoms with Crippen molar-refractivity contribution in [1.82, 2.24) is 14.7 Å². The average Bonchev–Trinajstić information content (AvgIpc) is 2.63. The summed E-state index contributed by atoms with van der Waals surface area (Å²) in [5, 5.41) is 14.3. The van der Waals surface area contributed by atoms with Crippen molar-refractivity contribution >= 4 is 0 Å². The fraction of sp³-hybridized carbons (Fsp3) is 0.812. The van der Waals surface area contributed by atoms with Gasteiger partial charge in [-0.2, -0.15) is 5.10 Å². The van der Waals surface area contributed by atoms with Gasteiger partial charge < -0.3 is 5.11 Å². The van der Waals surface area contributed by atoms with Gasteiger partial charge in [-0.1, -0.05) is 34.6 Å². The lowest BCUT2D eigenvalue weighted by atomic mass is 9.86. The van der Waals surface area contributed by atoms with Crippen LogP contribution in [0.5, 0.6) is 0 Å². The molecule has 0 aliphatic heterocycles. The molecule has 0 amide bonds. The number of hydrogen-bond donors (Lipinski definition) is 1. The molecule has 0 aliphatic rings. The minimum absolute atomic E-state index is 0.0600. The Balaban J connectivity index is 3.03. The van der Waals surface area contributed by atoms with Gasteiger partial charge in [-0.05, 0) is 25.3 Å². The summed E-state index contributed by atoms with van der Waals surface area (Å²) >= 11 is 0. The van der Waals surface area contributed by atoms with Crippen LogP contribution in [-0.4, -0.2) is 39.5 Å². The van der Waals surface area contributed by atoms with Crippen LogP contribution >= 0.6 is 0 Å². The molecule has 0 bridgehead atoms. The summed E-state index contributed by atoms with van der Waals surface area (Å²) in [6.45, 7) is 11.9. The number of nitrogens with zero attached hydrogens (tertiary/aromatic N) is 3. The first kappa shape index (κ1) is 17.2. The molecule has 0 saturated heterocycles. The van der Waals surface area contributed by atoms with Gasteiger partial charge in [0.05, 0.1) is 12.3 Å². The molecular formula is C16H31N3O. The van der Waals surface area contributed by atoms with Gasteiger partial charge in [0.15, 0.2) is 0 Å². The van der Waals surface area contributed by atoms with Crippen molar-refractivity contribution in [2.45, 2.75) is 60.0 Å². The summed E-state index contributed by atoms with van der Waals surface area (Å²) in [4.78, 5) is 2.26. The number of hydrogen-bond acceptors (Lipinski definition) is 3. The molecule has 1 aromatic rings. The first-order chi connectivity index (χ1) is 9.26. The van der Waals surface area contributed by atoms with Crippen LogP contribution in [0.2, 0.25) is 0 Å². The van der Waals surface area contributed by atoms with Crippen molar-refractivity contribution in [2.24, 2.45) is 12.5 Å². The molecular weight excluding hydrogens is 250 g/mol. The predicted molar refractivity (Wildman–Crippen MR) is 83.8 cm³/mol. The molecule has 0 fully saturated rings. The zero-order valence-corrected chi connectivity index (χ0v) is 14.2. The molecule has 0 spiro atoms. The normalized spacial score (nSPS) is 14.1. The molecule has 116 valence electrons. The Morgan fingerprint density at radius 3 is 2.25 bits per heavy atom. The molecule has 0 aromatic carbocycles. The summed E-state index contributed by atoms with van der Waals surface area (Å²) in [7, 11) is 4.12. The highest BCUT2D eigenvalue weighted by atomic mass is 16.3. The van der Waals surface area contributed by atoms with Crippen molar-refractivity contribution in [3.63, 3.8) is 0 Å². The van der Waals surface area contributed by atoms with Crippen molar-refractivity contribution in [3.05, 3.63) is 17.0 Å². The third-order valence-corrected chi connectivity index (χ3v) is 4.14. The summed E-state index contributed by atoms with van der Waals surface area (Å²) in [5.74, 6) is 0. The van der Waals surface area contributed by atoms with Gasteiger partial charge in [0, 0.05) is 30.9 Å². The minimum atomic E-state index is 0.0600. The molecule has 1 heterocycles. The third-order valence-electron chi connectivity index (χ3n) is 4.14. The van der Waals surface area contributed by atoms with Gasteiger partial charge in [-0.15, -0.1) is 0 Å². The zero-order chi connectivity index (χ0) is 15.5. The fourth-order valence-corrected chi connectivity index (χ4v) is 3.01. The third kappa shape index (κ3) is 3.61. The molecule has 0 aliphatic carbocycles. The largest absolute Gasteiger partial charge is 0.395 e. The molecule has 20 heavy (non-hydrogen) atoms. The van der Waals surface area contributed by atoms with Crippen LogP contribution in [0.3, 0.4) is 0 Å². The topological polar surface area (TPSA) is 41.3 Å². The van der Waals surface area contributed by atoms with Gasteiger partial charge >= 0.3 is 0 Å². The van der Waals surface area contributed by atoms with Crippen LogP contribution in [-0.2, 0) is 26.4 Å². The van der Waals surface area contributed by atoms with E-state index in [9.17, 15) is 5.11 Å². The Labute approximate surface area is 123 Å². The van der Waals surface area contributed by atoms with Crippen LogP contribution in [0.1, 0.15) is 51.6 Å². The Bertz CT molecular complexity index is 432. The lowest BCUT2D eigenvalue weighted by molar-refractivity contribution is 0.0611. The number of aliphatic hydroxyl groups is 1. The number of likely N-dealkylation sites (N-methyl/N-ethyl adjacent to an activating group) is 1. The SMILES string of the molecule is CCc1nn(C)c(CC)c1CN(C)C(CO)C(C)(C)C. The smallest absolute Gasteiger partial charge is 0.0669 e. The number of aryl methyl sites for hydroxylation is 2. The van der Waals surface area contributed by atoms with Gasteiger partial charge in [0.2, 0.25) is 0 Å². The average molecular weight is 281 g/mol. The van der Waals surface area contributed by atoms with E-state index in [-0.39, 0.29) is 18.1 Å². The molecule has 1 aromatic heterocycles. The predicted octanol–water partition coefficient (Wildman–Crippen LogP) is 2.38. The molecule has 1 unspecified atom stereocenters. The van der Waals surface area contributed by atoms with Crippen molar-refractivity contribution in [2.75, 3.05) is 13.7 Å². The van der Waals surface area contributed by atoms with Crippen molar-refractivity contribution in [3.8, 4) is 0 Å². The molecule has 1 rings (SSSR count). The van der Waals surface area contributed by atoms with Crippen LogP contribution in [0, 0.1) is 5.41 Å². The number of aromatic nitrogens is 2. The summed E-state index contributed by atoms with van der Waals surface area (Å²) < 4.78 is 2.01. The first-order valence-corrected chi connectivity index (χ1v) is 7.60. The quantitative estimate of drug-likeness (QED) is 0.870. The fourth-order valence-electron chi connectivity index (χ4n) is 3.01. The lowest BCUT2D eigenvalue weighted by Crippen LogP contribution is -2.44. The van der Waals surface area contributed by atoms with E-state index in [2.05, 4.69) is 51.7 Å². The van der Waals surface area contributed by atoms with E-state index < -0.39 is 0 Å². The molecule has 1 N–H and O–H groups in total. The Morgan fingerprint density at radius 2 is 1.85 bits per heavy atom. The Morgan fingerprint density at radius 1 is 1.25 bits per heavy atom. The van der Waals surface area contributed by atoms with Gasteiger partial charge in [-0.3, -0.25) is 9.58 Å². The highest BCUT2D eigenvalue weighted by Gasteiger charge is 2.29. The van der Waals surface area contributed by atoms with E-state index in [0.717, 1.165) is 19.4 Å². The molecule has 4 heteroatoms. The minimum Gasteiger partial charge on any atom is -0.395 e. The maximum atomic E-state index is 9.71. The Hall–Kier alpha value is -0.870. The van der Waals surface area contributed by atoms with Crippen LogP contribution in [0.25, 0.3) is 0 Å². The zero-order valence-electron chi connectivity index (χ0n) is 14.2. The van der Waals surface area contributed by atoms with E-state index in [1.807, 2.05) is 11.7 Å². The molecule has 1 atom stereocenters. The van der Waals surface area contributed by atoms with Crippen molar-refractivity contribution in [1.29, 1.82) is 0 Å². The molecule has 0 saturated carbocycles. The summed E-state index contributed by atoms with van der Waals surface area (Å²) in [6.07, 6.45) is 1.95. The van der Waals surface area contributed by atoms with Crippen LogP contribution < -0.4 is 0 Å². The van der Waals surface area contributed by atoms with Crippen LogP contribution in [0.15, 0.2) is 0 Å². The Kier molecular flexibility index (Phi) is 5.78. The second kappa shape index (κ2) is 6.72. The second-order valence-electron chi connectivity index (χ2n) is 6.68.